The third-order valence-corrected chi connectivity index (χ3v) is 6.86. The summed E-state index contributed by atoms with van der Waals surface area (Å²) in [7, 11) is -0.801. The fourth-order valence-electron chi connectivity index (χ4n) is 2.89. The molecule has 7 nitrogen and oxygen atoms in total. The molecular formula is C20H22ClNO6S. The highest BCUT2D eigenvalue weighted by atomic mass is 35.5. The van der Waals surface area contributed by atoms with Gasteiger partial charge in [-0.05, 0) is 54.8 Å². The van der Waals surface area contributed by atoms with E-state index in [1.807, 2.05) is 0 Å². The van der Waals surface area contributed by atoms with Crippen LogP contribution in [0.1, 0.15) is 27.0 Å². The maximum atomic E-state index is 12.6. The molecule has 156 valence electrons. The summed E-state index contributed by atoms with van der Waals surface area (Å²) < 4.78 is 42.6. The van der Waals surface area contributed by atoms with Gasteiger partial charge in [0.2, 0.25) is 10.0 Å². The lowest BCUT2D eigenvalue weighted by Crippen LogP contribution is -2.24. The molecular weight excluding hydrogens is 418 g/mol. The van der Waals surface area contributed by atoms with E-state index in [4.69, 9.17) is 25.8 Å². The maximum Gasteiger partial charge on any atom is 0.338 e. The second-order valence-corrected chi connectivity index (χ2v) is 9.41. The molecule has 0 spiro atoms. The summed E-state index contributed by atoms with van der Waals surface area (Å²) in [5.74, 6) is 0.343. The number of carbonyl (C=O) groups excluding carboxylic acids is 1. The first-order valence-corrected chi connectivity index (χ1v) is 10.7. The first kappa shape index (κ1) is 21.4. The Morgan fingerprint density at radius 1 is 1.14 bits per heavy atom. The van der Waals surface area contributed by atoms with Crippen molar-refractivity contribution in [1.29, 1.82) is 0 Å². The number of sulfonamides is 1. The fourth-order valence-corrected chi connectivity index (χ4v) is 4.39. The van der Waals surface area contributed by atoms with Crippen molar-refractivity contribution in [3.05, 3.63) is 51.5 Å². The van der Waals surface area contributed by atoms with Crippen molar-refractivity contribution in [2.24, 2.45) is 0 Å². The van der Waals surface area contributed by atoms with Gasteiger partial charge < -0.3 is 14.2 Å². The summed E-state index contributed by atoms with van der Waals surface area (Å²) in [5.41, 5.74) is 2.07. The topological polar surface area (TPSA) is 82.1 Å². The van der Waals surface area contributed by atoms with Crippen LogP contribution < -0.4 is 9.47 Å². The molecule has 0 saturated carbocycles. The number of hydrogen-bond donors (Lipinski definition) is 0. The van der Waals surface area contributed by atoms with Crippen molar-refractivity contribution in [3.8, 4) is 11.5 Å². The summed E-state index contributed by atoms with van der Waals surface area (Å²) in [4.78, 5) is 12.7. The molecule has 9 heteroatoms. The third kappa shape index (κ3) is 4.34. The zero-order chi connectivity index (χ0) is 21.3. The summed E-state index contributed by atoms with van der Waals surface area (Å²) in [5, 5.41) is 0.374. The van der Waals surface area contributed by atoms with Crippen LogP contribution in [0.15, 0.2) is 29.2 Å². The number of fused-ring (bicyclic) bond motifs is 1. The van der Waals surface area contributed by atoms with Crippen molar-refractivity contribution >= 4 is 27.6 Å². The lowest BCUT2D eigenvalue weighted by Gasteiger charge is -2.20. The van der Waals surface area contributed by atoms with Gasteiger partial charge in [-0.3, -0.25) is 0 Å². The molecule has 0 unspecified atom stereocenters. The number of hydrogen-bond acceptors (Lipinski definition) is 6. The van der Waals surface area contributed by atoms with Gasteiger partial charge in [-0.15, -0.1) is 0 Å². The van der Waals surface area contributed by atoms with E-state index in [9.17, 15) is 13.2 Å². The molecule has 0 bridgehead atoms. The van der Waals surface area contributed by atoms with E-state index in [2.05, 4.69) is 0 Å². The van der Waals surface area contributed by atoms with Crippen LogP contribution in [0.3, 0.4) is 0 Å². The number of carbonyl (C=O) groups is 1. The molecule has 0 atom stereocenters. The molecule has 3 rings (SSSR count). The normalized spacial score (nSPS) is 13.4. The predicted molar refractivity (Wildman–Crippen MR) is 108 cm³/mol. The summed E-state index contributed by atoms with van der Waals surface area (Å²) >= 11 is 6.20. The average Bonchev–Trinajstić information content (AvgIpc) is 2.67. The van der Waals surface area contributed by atoms with Crippen molar-refractivity contribution in [2.75, 3.05) is 27.3 Å². The molecule has 1 aliphatic rings. The molecule has 0 aliphatic carbocycles. The van der Waals surface area contributed by atoms with E-state index in [1.165, 1.54) is 20.2 Å². The lowest BCUT2D eigenvalue weighted by molar-refractivity contribution is 0.0471. The second kappa shape index (κ2) is 8.22. The highest BCUT2D eigenvalue weighted by Crippen LogP contribution is 2.38. The van der Waals surface area contributed by atoms with Crippen LogP contribution in [-0.4, -0.2) is 46.0 Å². The summed E-state index contributed by atoms with van der Waals surface area (Å²) in [6, 6.07) is 6.31. The fraction of sp³-hybridized carbons (Fsp3) is 0.350. The first-order valence-electron chi connectivity index (χ1n) is 8.90. The molecule has 1 heterocycles. The van der Waals surface area contributed by atoms with Gasteiger partial charge in [-0.2, -0.15) is 0 Å². The molecule has 1 aliphatic heterocycles. The Morgan fingerprint density at radius 3 is 2.52 bits per heavy atom. The zero-order valence-electron chi connectivity index (χ0n) is 16.6. The molecule has 2 aromatic rings. The van der Waals surface area contributed by atoms with Crippen molar-refractivity contribution in [3.63, 3.8) is 0 Å². The van der Waals surface area contributed by atoms with Crippen LogP contribution in [0.25, 0.3) is 0 Å². The Bertz CT molecular complexity index is 1070. The molecule has 0 N–H and O–H groups in total. The quantitative estimate of drug-likeness (QED) is 0.664. The number of ether oxygens (including phenoxy) is 3. The van der Waals surface area contributed by atoms with Gasteiger partial charge in [0, 0.05) is 14.1 Å². The first-order chi connectivity index (χ1) is 13.6. The number of benzene rings is 2. The second-order valence-electron chi connectivity index (χ2n) is 6.88. The smallest absolute Gasteiger partial charge is 0.338 e. The minimum absolute atomic E-state index is 0.0438. The van der Waals surface area contributed by atoms with E-state index >= 15 is 0 Å². The minimum atomic E-state index is -3.69. The van der Waals surface area contributed by atoms with Gasteiger partial charge in [-0.25, -0.2) is 17.5 Å². The Labute approximate surface area is 175 Å². The summed E-state index contributed by atoms with van der Waals surface area (Å²) in [6.07, 6.45) is 0. The van der Waals surface area contributed by atoms with Gasteiger partial charge in [0.15, 0.2) is 11.5 Å². The van der Waals surface area contributed by atoms with E-state index < -0.39 is 16.0 Å². The molecule has 0 saturated heterocycles. The van der Waals surface area contributed by atoms with Gasteiger partial charge in [0.05, 0.1) is 15.5 Å². The third-order valence-electron chi connectivity index (χ3n) is 4.64. The standard InChI is InChI=1S/C20H22ClNO6S/c1-12-7-15(10-18(13(12)2)29(24,25)22(3)4)20(23)28-11-14-8-16(21)19-17(9-14)26-5-6-27-19/h7-10H,5-6,11H2,1-4H3. The highest BCUT2D eigenvalue weighted by molar-refractivity contribution is 7.89. The Morgan fingerprint density at radius 2 is 1.83 bits per heavy atom. The van der Waals surface area contributed by atoms with E-state index in [0.29, 0.717) is 46.4 Å². The van der Waals surface area contributed by atoms with Crippen molar-refractivity contribution in [2.45, 2.75) is 25.3 Å². The highest BCUT2D eigenvalue weighted by Gasteiger charge is 2.24. The van der Waals surface area contributed by atoms with Gasteiger partial charge in [-0.1, -0.05) is 11.6 Å². The molecule has 0 radical (unpaired) electrons. The van der Waals surface area contributed by atoms with Crippen LogP contribution in [0, 0.1) is 13.8 Å². The minimum Gasteiger partial charge on any atom is -0.486 e. The van der Waals surface area contributed by atoms with Gasteiger partial charge >= 0.3 is 5.97 Å². The molecule has 29 heavy (non-hydrogen) atoms. The van der Waals surface area contributed by atoms with Crippen LogP contribution >= 0.6 is 11.6 Å². The summed E-state index contributed by atoms with van der Waals surface area (Å²) in [6.45, 7) is 4.25. The monoisotopic (exact) mass is 439 g/mol. The predicted octanol–water partition coefficient (Wildman–Crippen LogP) is 3.34. The van der Waals surface area contributed by atoms with Crippen LogP contribution in [0.4, 0.5) is 0 Å². The number of halogens is 1. The van der Waals surface area contributed by atoms with Crippen LogP contribution in [0.2, 0.25) is 5.02 Å². The Kier molecular flexibility index (Phi) is 6.07. The molecule has 0 amide bonds. The number of rotatable bonds is 5. The number of aryl methyl sites for hydroxylation is 1. The SMILES string of the molecule is Cc1cc(C(=O)OCc2cc(Cl)c3c(c2)OCCO3)cc(S(=O)(=O)N(C)C)c1C. The molecule has 0 aromatic heterocycles. The van der Waals surface area contributed by atoms with Crippen LogP contribution in [-0.2, 0) is 21.4 Å². The van der Waals surface area contributed by atoms with Gasteiger partial charge in [0.25, 0.3) is 0 Å². The zero-order valence-corrected chi connectivity index (χ0v) is 18.2. The van der Waals surface area contributed by atoms with E-state index in [0.717, 1.165) is 4.31 Å². The Hall–Kier alpha value is -2.29. The van der Waals surface area contributed by atoms with E-state index in [-0.39, 0.29) is 17.1 Å². The van der Waals surface area contributed by atoms with Crippen molar-refractivity contribution in [1.82, 2.24) is 4.31 Å². The van der Waals surface area contributed by atoms with Crippen LogP contribution in [0.5, 0.6) is 11.5 Å². The average molecular weight is 440 g/mol. The lowest BCUT2D eigenvalue weighted by atomic mass is 10.1. The number of nitrogens with zero attached hydrogens (tertiary/aromatic N) is 1. The Balaban J connectivity index is 1.83. The van der Waals surface area contributed by atoms with Crippen molar-refractivity contribution < 1.29 is 27.4 Å². The maximum absolute atomic E-state index is 12.6. The van der Waals surface area contributed by atoms with E-state index in [1.54, 1.807) is 32.0 Å². The van der Waals surface area contributed by atoms with Gasteiger partial charge in [0.1, 0.15) is 19.8 Å². The molecule has 0 fully saturated rings. The number of esters is 1. The molecule has 2 aromatic carbocycles. The largest absolute Gasteiger partial charge is 0.486 e.